The zero-order valence-corrected chi connectivity index (χ0v) is 14.3. The third kappa shape index (κ3) is 3.41. The van der Waals surface area contributed by atoms with Gasteiger partial charge in [-0.1, -0.05) is 0 Å². The number of pyridine rings is 2. The van der Waals surface area contributed by atoms with E-state index in [-0.39, 0.29) is 17.6 Å². The van der Waals surface area contributed by atoms with Gasteiger partial charge in [-0.05, 0) is 36.8 Å². The first-order valence-corrected chi connectivity index (χ1v) is 8.48. The molecule has 0 radical (unpaired) electrons. The Kier molecular flexibility index (Phi) is 4.37. The molecule has 2 aromatic heterocycles. The molecule has 0 saturated carbocycles. The first-order valence-electron chi connectivity index (χ1n) is 8.48. The highest BCUT2D eigenvalue weighted by molar-refractivity contribution is 6.06. The fourth-order valence-corrected chi connectivity index (χ4v) is 2.95. The summed E-state index contributed by atoms with van der Waals surface area (Å²) < 4.78 is 14.2. The third-order valence-electron chi connectivity index (χ3n) is 4.32. The number of carbonyl (C=O) groups is 2. The molecule has 1 fully saturated rings. The summed E-state index contributed by atoms with van der Waals surface area (Å²) in [4.78, 5) is 34.0. The van der Waals surface area contributed by atoms with Crippen LogP contribution >= 0.6 is 0 Å². The molecule has 3 heterocycles. The van der Waals surface area contributed by atoms with Gasteiger partial charge in [0, 0.05) is 36.6 Å². The van der Waals surface area contributed by atoms with E-state index in [1.165, 1.54) is 29.3 Å². The fraction of sp³-hybridized carbons (Fsp3) is 0.158. The lowest BCUT2D eigenvalue weighted by molar-refractivity contribution is 0.102. The van der Waals surface area contributed by atoms with E-state index >= 15 is 0 Å². The number of anilines is 2. The molecule has 0 atom stereocenters. The number of carbonyl (C=O) groups excluding carboxylic acids is 2. The van der Waals surface area contributed by atoms with E-state index in [0.717, 1.165) is 11.8 Å². The predicted molar refractivity (Wildman–Crippen MR) is 99.3 cm³/mol. The summed E-state index contributed by atoms with van der Waals surface area (Å²) in [5.74, 6) is -0.896. The van der Waals surface area contributed by atoms with E-state index < -0.39 is 5.82 Å². The van der Waals surface area contributed by atoms with Crippen molar-refractivity contribution in [2.45, 2.75) is 6.42 Å². The monoisotopic (exact) mass is 365 g/mol. The molecule has 3 amide bonds. The second kappa shape index (κ2) is 6.99. The molecule has 0 unspecified atom stereocenters. The Morgan fingerprint density at radius 1 is 1.22 bits per heavy atom. The van der Waals surface area contributed by atoms with Gasteiger partial charge in [0.2, 0.25) is 0 Å². The highest BCUT2D eigenvalue weighted by atomic mass is 19.1. The summed E-state index contributed by atoms with van der Waals surface area (Å²) in [5.41, 5.74) is 1.59. The molecule has 1 aromatic carbocycles. The topological polar surface area (TPSA) is 87.2 Å². The van der Waals surface area contributed by atoms with Crippen molar-refractivity contribution >= 4 is 34.2 Å². The smallest absolute Gasteiger partial charge is 0.321 e. The van der Waals surface area contributed by atoms with Gasteiger partial charge in [0.1, 0.15) is 5.82 Å². The molecule has 27 heavy (non-hydrogen) atoms. The Balaban J connectivity index is 1.59. The number of urea groups is 1. The summed E-state index contributed by atoms with van der Waals surface area (Å²) in [6, 6.07) is 7.27. The largest absolute Gasteiger partial charge is 0.338 e. The minimum atomic E-state index is -0.523. The lowest BCUT2D eigenvalue weighted by Gasteiger charge is -2.28. The van der Waals surface area contributed by atoms with Crippen LogP contribution in [0.5, 0.6) is 0 Å². The highest BCUT2D eigenvalue weighted by Crippen LogP contribution is 2.25. The number of hydrogen-bond acceptors (Lipinski definition) is 4. The molecule has 136 valence electrons. The molecule has 7 nitrogen and oxygen atoms in total. The molecular formula is C19H16FN5O2. The maximum absolute atomic E-state index is 14.2. The number of nitrogens with one attached hydrogen (secondary N) is 2. The van der Waals surface area contributed by atoms with Crippen LogP contribution in [0.15, 0.2) is 48.9 Å². The van der Waals surface area contributed by atoms with E-state index in [1.54, 1.807) is 24.5 Å². The van der Waals surface area contributed by atoms with E-state index in [1.807, 2.05) is 0 Å². The number of fused-ring (bicyclic) bond motifs is 1. The summed E-state index contributed by atoms with van der Waals surface area (Å²) >= 11 is 0. The Bertz CT molecular complexity index is 1040. The average molecular weight is 365 g/mol. The summed E-state index contributed by atoms with van der Waals surface area (Å²) in [6.45, 7) is 0.987. The summed E-state index contributed by atoms with van der Waals surface area (Å²) in [7, 11) is 0. The van der Waals surface area contributed by atoms with Crippen LogP contribution in [0.4, 0.5) is 20.6 Å². The zero-order chi connectivity index (χ0) is 18.8. The molecule has 3 aromatic rings. The molecule has 1 aliphatic heterocycles. The number of halogens is 1. The molecule has 1 saturated heterocycles. The Morgan fingerprint density at radius 3 is 2.96 bits per heavy atom. The minimum Gasteiger partial charge on any atom is -0.338 e. The molecule has 2 N–H and O–H groups in total. The SMILES string of the molecule is O=C(Nc1ccc(F)c(N2CCCNC2=O)c1)c1cnc2cnccc2c1. The number of amides is 3. The van der Waals surface area contributed by atoms with Gasteiger partial charge in [-0.2, -0.15) is 0 Å². The lowest BCUT2D eigenvalue weighted by atomic mass is 10.1. The highest BCUT2D eigenvalue weighted by Gasteiger charge is 2.22. The third-order valence-corrected chi connectivity index (χ3v) is 4.32. The van der Waals surface area contributed by atoms with Crippen molar-refractivity contribution in [1.82, 2.24) is 15.3 Å². The van der Waals surface area contributed by atoms with Gasteiger partial charge >= 0.3 is 6.03 Å². The molecular weight excluding hydrogens is 349 g/mol. The molecule has 8 heteroatoms. The maximum atomic E-state index is 14.2. The second-order valence-electron chi connectivity index (χ2n) is 6.15. The van der Waals surface area contributed by atoms with Crippen molar-refractivity contribution < 1.29 is 14.0 Å². The number of aromatic nitrogens is 2. The van der Waals surface area contributed by atoms with Gasteiger partial charge in [0.15, 0.2) is 0 Å². The Hall–Kier alpha value is -3.55. The molecule has 1 aliphatic rings. The number of rotatable bonds is 3. The molecule has 4 rings (SSSR count). The second-order valence-corrected chi connectivity index (χ2v) is 6.15. The Morgan fingerprint density at radius 2 is 2.11 bits per heavy atom. The lowest BCUT2D eigenvalue weighted by Crippen LogP contribution is -2.46. The number of nitrogens with zero attached hydrogens (tertiary/aromatic N) is 3. The van der Waals surface area contributed by atoms with Gasteiger partial charge in [0.25, 0.3) is 5.91 Å². The quantitative estimate of drug-likeness (QED) is 0.747. The average Bonchev–Trinajstić information content (AvgIpc) is 2.69. The minimum absolute atomic E-state index is 0.132. The van der Waals surface area contributed by atoms with Crippen LogP contribution in [0, 0.1) is 5.82 Å². The van der Waals surface area contributed by atoms with Crippen LogP contribution in [0.3, 0.4) is 0 Å². The Labute approximate surface area is 154 Å². The number of benzene rings is 1. The predicted octanol–water partition coefficient (Wildman–Crippen LogP) is 2.94. The van der Waals surface area contributed by atoms with Crippen molar-refractivity contribution in [3.8, 4) is 0 Å². The van der Waals surface area contributed by atoms with Gasteiger partial charge in [-0.25, -0.2) is 9.18 Å². The van der Waals surface area contributed by atoms with Crippen molar-refractivity contribution in [3.05, 3.63) is 60.3 Å². The van der Waals surface area contributed by atoms with E-state index in [9.17, 15) is 14.0 Å². The van der Waals surface area contributed by atoms with Crippen LogP contribution < -0.4 is 15.5 Å². The maximum Gasteiger partial charge on any atom is 0.321 e. The number of hydrogen-bond donors (Lipinski definition) is 2. The van der Waals surface area contributed by atoms with Crippen LogP contribution in [-0.4, -0.2) is 35.0 Å². The van der Waals surface area contributed by atoms with Crippen molar-refractivity contribution in [3.63, 3.8) is 0 Å². The van der Waals surface area contributed by atoms with Crippen molar-refractivity contribution in [2.75, 3.05) is 23.3 Å². The van der Waals surface area contributed by atoms with Gasteiger partial charge in [0.05, 0.1) is 23.0 Å². The summed E-state index contributed by atoms with van der Waals surface area (Å²) in [5, 5.41) is 6.20. The zero-order valence-electron chi connectivity index (χ0n) is 14.3. The van der Waals surface area contributed by atoms with Crippen LogP contribution in [0.1, 0.15) is 16.8 Å². The van der Waals surface area contributed by atoms with E-state index in [4.69, 9.17) is 0 Å². The summed E-state index contributed by atoms with van der Waals surface area (Å²) in [6.07, 6.45) is 5.43. The first-order chi connectivity index (χ1) is 13.1. The normalized spacial score (nSPS) is 14.1. The van der Waals surface area contributed by atoms with Gasteiger partial charge in [-0.15, -0.1) is 0 Å². The molecule has 0 aliphatic carbocycles. The van der Waals surface area contributed by atoms with Crippen LogP contribution in [0.2, 0.25) is 0 Å². The van der Waals surface area contributed by atoms with Gasteiger partial charge < -0.3 is 10.6 Å². The first kappa shape index (κ1) is 16.9. The van der Waals surface area contributed by atoms with Crippen LogP contribution in [-0.2, 0) is 0 Å². The molecule has 0 spiro atoms. The van der Waals surface area contributed by atoms with Crippen molar-refractivity contribution in [2.24, 2.45) is 0 Å². The van der Waals surface area contributed by atoms with E-state index in [2.05, 4.69) is 20.6 Å². The fourth-order valence-electron chi connectivity index (χ4n) is 2.95. The van der Waals surface area contributed by atoms with E-state index in [0.29, 0.717) is 29.9 Å². The standard InChI is InChI=1S/C19H16FN5O2/c20-15-3-2-14(9-17(15)25-7-1-5-22-19(25)27)24-18(26)13-8-12-4-6-21-11-16(12)23-10-13/h2-4,6,8-11H,1,5,7H2,(H,22,27)(H,24,26). The van der Waals surface area contributed by atoms with Gasteiger partial charge in [-0.3, -0.25) is 19.7 Å². The molecule has 0 bridgehead atoms. The van der Waals surface area contributed by atoms with Crippen molar-refractivity contribution in [1.29, 1.82) is 0 Å². The van der Waals surface area contributed by atoms with Crippen LogP contribution in [0.25, 0.3) is 10.9 Å².